The van der Waals surface area contributed by atoms with Gasteiger partial charge in [0.1, 0.15) is 0 Å². The molecule has 0 aliphatic rings. The summed E-state index contributed by atoms with van der Waals surface area (Å²) >= 11 is 0. The number of benzene rings is 1. The van der Waals surface area contributed by atoms with Gasteiger partial charge in [-0.2, -0.15) is 0 Å². The molecule has 0 radical (unpaired) electrons. The summed E-state index contributed by atoms with van der Waals surface area (Å²) in [4.78, 5) is 48.6. The fraction of sp³-hybridized carbons (Fsp3) is 0.565. The van der Waals surface area contributed by atoms with Crippen molar-refractivity contribution in [3.63, 3.8) is 0 Å². The van der Waals surface area contributed by atoms with Crippen LogP contribution in [0.25, 0.3) is 0 Å². The number of rotatable bonds is 13. The SMILES string of the molecule is CCCC(=O)Oc1cccc(C(OC(=O)CCC)OC(=O)CCC)c1OC(=O)CCC. The lowest BCUT2D eigenvalue weighted by Crippen LogP contribution is -2.20. The van der Waals surface area contributed by atoms with Crippen molar-refractivity contribution < 1.29 is 38.1 Å². The highest BCUT2D eigenvalue weighted by molar-refractivity contribution is 5.77. The molecule has 0 saturated carbocycles. The van der Waals surface area contributed by atoms with E-state index in [1.807, 2.05) is 27.7 Å². The number of carbonyl (C=O) groups excluding carboxylic acids is 4. The molecule has 0 heterocycles. The van der Waals surface area contributed by atoms with Crippen molar-refractivity contribution in [1.82, 2.24) is 0 Å². The zero-order valence-electron chi connectivity index (χ0n) is 18.7. The van der Waals surface area contributed by atoms with Gasteiger partial charge in [-0.25, -0.2) is 0 Å². The third-order valence-corrected chi connectivity index (χ3v) is 4.00. The Bertz CT molecular complexity index is 736. The molecule has 1 aromatic carbocycles. The van der Waals surface area contributed by atoms with E-state index in [2.05, 4.69) is 0 Å². The summed E-state index contributed by atoms with van der Waals surface area (Å²) in [7, 11) is 0. The van der Waals surface area contributed by atoms with Gasteiger partial charge in [0.15, 0.2) is 11.5 Å². The molecule has 1 aromatic rings. The molecule has 8 nitrogen and oxygen atoms in total. The first-order valence-electron chi connectivity index (χ1n) is 10.8. The van der Waals surface area contributed by atoms with Crippen LogP contribution in [0.4, 0.5) is 0 Å². The predicted molar refractivity (Wildman–Crippen MR) is 112 cm³/mol. The van der Waals surface area contributed by atoms with Crippen LogP contribution in [-0.2, 0) is 28.7 Å². The zero-order valence-corrected chi connectivity index (χ0v) is 18.7. The molecule has 0 aromatic heterocycles. The fourth-order valence-corrected chi connectivity index (χ4v) is 2.57. The van der Waals surface area contributed by atoms with E-state index in [-0.39, 0.29) is 42.7 Å². The van der Waals surface area contributed by atoms with Crippen LogP contribution < -0.4 is 9.47 Å². The van der Waals surface area contributed by atoms with Crippen LogP contribution in [0, 0.1) is 0 Å². The molecular formula is C23H32O8. The summed E-state index contributed by atoms with van der Waals surface area (Å²) in [6, 6.07) is 4.49. The molecular weight excluding hydrogens is 404 g/mol. The van der Waals surface area contributed by atoms with Gasteiger partial charge in [0, 0.05) is 25.7 Å². The minimum absolute atomic E-state index is 0.0107. The summed E-state index contributed by atoms with van der Waals surface area (Å²) in [5.74, 6) is -2.32. The molecule has 31 heavy (non-hydrogen) atoms. The minimum atomic E-state index is -1.44. The number of carbonyl (C=O) groups is 4. The normalized spacial score (nSPS) is 10.5. The van der Waals surface area contributed by atoms with E-state index in [0.29, 0.717) is 25.7 Å². The van der Waals surface area contributed by atoms with E-state index >= 15 is 0 Å². The topological polar surface area (TPSA) is 105 Å². The molecule has 0 atom stereocenters. The minimum Gasteiger partial charge on any atom is -0.422 e. The number of hydrogen-bond donors (Lipinski definition) is 0. The molecule has 0 aliphatic heterocycles. The van der Waals surface area contributed by atoms with Crippen LogP contribution in [0.5, 0.6) is 11.5 Å². The first-order valence-corrected chi connectivity index (χ1v) is 10.8. The van der Waals surface area contributed by atoms with Gasteiger partial charge in [-0.05, 0) is 37.8 Å². The van der Waals surface area contributed by atoms with Crippen LogP contribution in [0.2, 0.25) is 0 Å². The highest BCUT2D eigenvalue weighted by atomic mass is 16.7. The molecule has 0 aliphatic carbocycles. The Morgan fingerprint density at radius 1 is 0.677 bits per heavy atom. The molecule has 0 fully saturated rings. The van der Waals surface area contributed by atoms with Crippen molar-refractivity contribution in [2.24, 2.45) is 0 Å². The Labute approximate surface area is 183 Å². The Morgan fingerprint density at radius 3 is 1.61 bits per heavy atom. The molecule has 172 valence electrons. The van der Waals surface area contributed by atoms with Crippen LogP contribution in [-0.4, -0.2) is 23.9 Å². The monoisotopic (exact) mass is 436 g/mol. The van der Waals surface area contributed by atoms with Gasteiger partial charge >= 0.3 is 23.9 Å². The number of ether oxygens (including phenoxy) is 4. The molecule has 0 amide bonds. The molecule has 1 rings (SSSR count). The molecule has 0 saturated heterocycles. The van der Waals surface area contributed by atoms with Crippen molar-refractivity contribution in [2.75, 3.05) is 0 Å². The highest BCUT2D eigenvalue weighted by Gasteiger charge is 2.28. The molecule has 0 spiro atoms. The highest BCUT2D eigenvalue weighted by Crippen LogP contribution is 2.38. The second-order valence-corrected chi connectivity index (χ2v) is 6.93. The summed E-state index contributed by atoms with van der Waals surface area (Å²) < 4.78 is 21.6. The van der Waals surface area contributed by atoms with Gasteiger partial charge < -0.3 is 18.9 Å². The maximum atomic E-state index is 12.2. The van der Waals surface area contributed by atoms with Gasteiger partial charge in [0.2, 0.25) is 0 Å². The maximum Gasteiger partial charge on any atom is 0.311 e. The average Bonchev–Trinajstić information content (AvgIpc) is 2.69. The lowest BCUT2D eigenvalue weighted by atomic mass is 10.1. The van der Waals surface area contributed by atoms with Gasteiger partial charge in [-0.3, -0.25) is 19.2 Å². The molecule has 8 heteroatoms. The van der Waals surface area contributed by atoms with E-state index < -0.39 is 30.2 Å². The van der Waals surface area contributed by atoms with Crippen LogP contribution >= 0.6 is 0 Å². The third-order valence-electron chi connectivity index (χ3n) is 4.00. The lowest BCUT2D eigenvalue weighted by molar-refractivity contribution is -0.190. The van der Waals surface area contributed by atoms with Crippen molar-refractivity contribution in [3.05, 3.63) is 23.8 Å². The third kappa shape index (κ3) is 9.19. The molecule has 0 unspecified atom stereocenters. The fourth-order valence-electron chi connectivity index (χ4n) is 2.57. The van der Waals surface area contributed by atoms with Gasteiger partial charge in [0.25, 0.3) is 6.29 Å². The Kier molecular flexibility index (Phi) is 11.9. The first kappa shape index (κ1) is 26.1. The summed E-state index contributed by atoms with van der Waals surface area (Å²) in [5, 5.41) is 0. The Hall–Kier alpha value is -2.90. The number of para-hydroxylation sites is 1. The van der Waals surface area contributed by atoms with E-state index in [0.717, 1.165) is 0 Å². The molecule has 0 N–H and O–H groups in total. The van der Waals surface area contributed by atoms with E-state index in [1.165, 1.54) is 18.2 Å². The predicted octanol–water partition coefficient (Wildman–Crippen LogP) is 4.78. The number of hydrogen-bond acceptors (Lipinski definition) is 8. The van der Waals surface area contributed by atoms with Crippen LogP contribution in [0.3, 0.4) is 0 Å². The largest absolute Gasteiger partial charge is 0.422 e. The maximum absolute atomic E-state index is 12.2. The van der Waals surface area contributed by atoms with Crippen molar-refractivity contribution in [2.45, 2.75) is 85.4 Å². The van der Waals surface area contributed by atoms with Crippen molar-refractivity contribution in [3.8, 4) is 11.5 Å². The first-order chi connectivity index (χ1) is 14.9. The quantitative estimate of drug-likeness (QED) is 0.247. The summed E-state index contributed by atoms with van der Waals surface area (Å²) in [5.41, 5.74) is 0.111. The van der Waals surface area contributed by atoms with Crippen molar-refractivity contribution in [1.29, 1.82) is 0 Å². The average molecular weight is 437 g/mol. The Morgan fingerprint density at radius 2 is 1.13 bits per heavy atom. The van der Waals surface area contributed by atoms with Gasteiger partial charge in [-0.1, -0.05) is 33.8 Å². The Balaban J connectivity index is 3.40. The van der Waals surface area contributed by atoms with Crippen LogP contribution in [0.15, 0.2) is 18.2 Å². The second-order valence-electron chi connectivity index (χ2n) is 6.93. The lowest BCUT2D eigenvalue weighted by Gasteiger charge is -2.22. The van der Waals surface area contributed by atoms with E-state index in [9.17, 15) is 19.2 Å². The second kappa shape index (κ2) is 14.2. The zero-order chi connectivity index (χ0) is 23.2. The summed E-state index contributed by atoms with van der Waals surface area (Å²) in [6.07, 6.45) is 1.33. The smallest absolute Gasteiger partial charge is 0.311 e. The van der Waals surface area contributed by atoms with Crippen LogP contribution in [0.1, 0.15) is 90.9 Å². The number of esters is 4. The van der Waals surface area contributed by atoms with Gasteiger partial charge in [0.05, 0.1) is 5.56 Å². The van der Waals surface area contributed by atoms with E-state index in [1.54, 1.807) is 0 Å². The summed E-state index contributed by atoms with van der Waals surface area (Å²) in [6.45, 7) is 7.27. The standard InChI is InChI=1S/C23H32O8/c1-5-10-18(24)28-17-15-9-14-16(22(17)29-19(25)11-6-2)23(30-20(26)12-7-3)31-21(27)13-8-4/h9,14-15,23H,5-8,10-13H2,1-4H3. The van der Waals surface area contributed by atoms with Gasteiger partial charge in [-0.15, -0.1) is 0 Å². The van der Waals surface area contributed by atoms with Crippen molar-refractivity contribution >= 4 is 23.9 Å². The molecule has 0 bridgehead atoms. The van der Waals surface area contributed by atoms with E-state index in [4.69, 9.17) is 18.9 Å².